The Kier molecular flexibility index (Phi) is 5.37. The average Bonchev–Trinajstić information content (AvgIpc) is 3.00. The van der Waals surface area contributed by atoms with E-state index in [0.717, 1.165) is 24.9 Å². The van der Waals surface area contributed by atoms with Gasteiger partial charge < -0.3 is 14.7 Å². The van der Waals surface area contributed by atoms with E-state index in [9.17, 15) is 14.0 Å². The molecular weight excluding hydrogens is 321 g/mol. The Morgan fingerprint density at radius 2 is 1.92 bits per heavy atom. The topological polar surface area (TPSA) is 43.9 Å². The summed E-state index contributed by atoms with van der Waals surface area (Å²) in [6.07, 6.45) is 2.39. The minimum Gasteiger partial charge on any atom is -0.337 e. The number of benzene rings is 1. The lowest BCUT2D eigenvalue weighted by atomic mass is 9.96. The van der Waals surface area contributed by atoms with Crippen molar-refractivity contribution < 1.29 is 14.0 Å². The third kappa shape index (κ3) is 4.00. The van der Waals surface area contributed by atoms with Gasteiger partial charge in [-0.2, -0.15) is 0 Å². The van der Waals surface area contributed by atoms with E-state index in [1.54, 1.807) is 12.1 Å². The number of rotatable bonds is 5. The third-order valence-electron chi connectivity index (χ3n) is 5.26. The number of likely N-dealkylation sites (tertiary alicyclic amines) is 2. The highest BCUT2D eigenvalue weighted by Gasteiger charge is 2.44. The average molecular weight is 347 g/mol. The van der Waals surface area contributed by atoms with Crippen LogP contribution >= 0.6 is 0 Å². The van der Waals surface area contributed by atoms with Crippen molar-refractivity contribution in [1.82, 2.24) is 14.7 Å². The molecule has 2 amide bonds. The quantitative estimate of drug-likeness (QED) is 0.811. The molecule has 0 spiro atoms. The van der Waals surface area contributed by atoms with E-state index in [4.69, 9.17) is 0 Å². The maximum Gasteiger partial charge on any atom is 0.227 e. The maximum atomic E-state index is 13.0. The third-order valence-corrected chi connectivity index (χ3v) is 5.26. The van der Waals surface area contributed by atoms with Crippen LogP contribution in [0.15, 0.2) is 24.3 Å². The second kappa shape index (κ2) is 7.52. The summed E-state index contributed by atoms with van der Waals surface area (Å²) < 4.78 is 13.0. The highest BCUT2D eigenvalue weighted by molar-refractivity contribution is 5.81. The first-order valence-electron chi connectivity index (χ1n) is 8.94. The second-order valence-electron chi connectivity index (χ2n) is 7.24. The monoisotopic (exact) mass is 347 g/mol. The summed E-state index contributed by atoms with van der Waals surface area (Å²) in [5.41, 5.74) is 0.825. The number of amides is 2. The molecule has 0 unspecified atom stereocenters. The molecule has 0 N–H and O–H groups in total. The number of nitrogens with zero attached hydrogens (tertiary/aromatic N) is 3. The normalized spacial score (nSPS) is 23.3. The van der Waals surface area contributed by atoms with Crippen molar-refractivity contribution >= 4 is 11.8 Å². The molecule has 2 fully saturated rings. The van der Waals surface area contributed by atoms with Crippen LogP contribution in [0, 0.1) is 5.82 Å². The summed E-state index contributed by atoms with van der Waals surface area (Å²) in [4.78, 5) is 31.0. The molecule has 1 aromatic rings. The fraction of sp³-hybridized carbons (Fsp3) is 0.579. The summed E-state index contributed by atoms with van der Waals surface area (Å²) >= 11 is 0. The van der Waals surface area contributed by atoms with Crippen molar-refractivity contribution in [2.75, 3.05) is 33.7 Å². The van der Waals surface area contributed by atoms with E-state index in [1.165, 1.54) is 12.1 Å². The zero-order valence-corrected chi connectivity index (χ0v) is 14.9. The molecule has 1 aromatic carbocycles. The Balaban J connectivity index is 1.65. The van der Waals surface area contributed by atoms with E-state index in [0.29, 0.717) is 19.5 Å². The summed E-state index contributed by atoms with van der Waals surface area (Å²) in [5, 5.41) is 0. The number of carbonyl (C=O) groups excluding carboxylic acids is 2. The van der Waals surface area contributed by atoms with Gasteiger partial charge in [-0.25, -0.2) is 4.39 Å². The number of carbonyl (C=O) groups is 2. The maximum absolute atomic E-state index is 13.0. The molecule has 136 valence electrons. The number of hydrogen-bond acceptors (Lipinski definition) is 3. The fourth-order valence-electron chi connectivity index (χ4n) is 3.94. The van der Waals surface area contributed by atoms with Crippen molar-refractivity contribution in [3.63, 3.8) is 0 Å². The molecule has 0 aliphatic carbocycles. The minimum absolute atomic E-state index is 0.0704. The Bertz CT molecular complexity index is 632. The van der Waals surface area contributed by atoms with Crippen molar-refractivity contribution in [2.45, 2.75) is 37.8 Å². The van der Waals surface area contributed by atoms with E-state index in [-0.39, 0.29) is 36.1 Å². The van der Waals surface area contributed by atoms with Gasteiger partial charge in [0.05, 0.1) is 18.5 Å². The van der Waals surface area contributed by atoms with Crippen molar-refractivity contribution in [1.29, 1.82) is 0 Å². The van der Waals surface area contributed by atoms with Crippen LogP contribution in [0.25, 0.3) is 0 Å². The van der Waals surface area contributed by atoms with Crippen LogP contribution in [0.4, 0.5) is 4.39 Å². The molecule has 2 atom stereocenters. The minimum atomic E-state index is -0.292. The first-order valence-corrected chi connectivity index (χ1v) is 8.94. The van der Waals surface area contributed by atoms with Crippen molar-refractivity contribution in [3.8, 4) is 0 Å². The lowest BCUT2D eigenvalue weighted by Gasteiger charge is -2.40. The molecule has 25 heavy (non-hydrogen) atoms. The van der Waals surface area contributed by atoms with Crippen LogP contribution in [0.1, 0.15) is 24.8 Å². The summed E-state index contributed by atoms with van der Waals surface area (Å²) in [7, 11) is 4.00. The Hall–Kier alpha value is -1.95. The van der Waals surface area contributed by atoms with Crippen LogP contribution in [0.2, 0.25) is 0 Å². The van der Waals surface area contributed by atoms with Crippen LogP contribution < -0.4 is 0 Å². The molecule has 2 saturated heterocycles. The molecule has 3 rings (SSSR count). The SMILES string of the molecule is CN(C)CCN1C(=O)CC[C@@H]2[C@H]1CCN2C(=O)Cc1ccc(F)cc1. The lowest BCUT2D eigenvalue weighted by Crippen LogP contribution is -2.54. The van der Waals surface area contributed by atoms with Crippen LogP contribution in [-0.2, 0) is 16.0 Å². The number of halogens is 1. The second-order valence-corrected chi connectivity index (χ2v) is 7.24. The summed E-state index contributed by atoms with van der Waals surface area (Å²) in [6.45, 7) is 2.24. The van der Waals surface area contributed by atoms with Crippen molar-refractivity contribution in [2.24, 2.45) is 0 Å². The van der Waals surface area contributed by atoms with Crippen LogP contribution in [0.5, 0.6) is 0 Å². The number of likely N-dealkylation sites (N-methyl/N-ethyl adjacent to an activating group) is 1. The number of hydrogen-bond donors (Lipinski definition) is 0. The van der Waals surface area contributed by atoms with Gasteiger partial charge in [0.15, 0.2) is 0 Å². The Morgan fingerprint density at radius 3 is 2.60 bits per heavy atom. The van der Waals surface area contributed by atoms with Gasteiger partial charge in [0.2, 0.25) is 11.8 Å². The zero-order chi connectivity index (χ0) is 18.0. The molecule has 6 heteroatoms. The predicted molar refractivity (Wildman–Crippen MR) is 93.5 cm³/mol. The number of piperidine rings is 1. The van der Waals surface area contributed by atoms with E-state index in [1.807, 2.05) is 23.9 Å². The van der Waals surface area contributed by atoms with Gasteiger partial charge in [0.25, 0.3) is 0 Å². The van der Waals surface area contributed by atoms with Gasteiger partial charge in [0.1, 0.15) is 5.82 Å². The summed E-state index contributed by atoms with van der Waals surface area (Å²) in [6, 6.07) is 6.35. The Labute approximate surface area is 148 Å². The lowest BCUT2D eigenvalue weighted by molar-refractivity contribution is -0.141. The molecule has 2 heterocycles. The molecule has 0 bridgehead atoms. The molecule has 0 radical (unpaired) electrons. The number of fused-ring (bicyclic) bond motifs is 1. The molecule has 2 aliphatic heterocycles. The molecule has 0 aromatic heterocycles. The fourth-order valence-corrected chi connectivity index (χ4v) is 3.94. The molecule has 2 aliphatic rings. The van der Waals surface area contributed by atoms with E-state index >= 15 is 0 Å². The van der Waals surface area contributed by atoms with Crippen LogP contribution in [-0.4, -0.2) is 72.3 Å². The standard InChI is InChI=1S/C19H26FN3O2/c1-21(2)11-12-23-17-9-10-22(16(17)7-8-18(23)24)19(25)13-14-3-5-15(20)6-4-14/h3-6,16-17H,7-13H2,1-2H3/t16-,17-/m1/s1. The van der Waals surface area contributed by atoms with Crippen LogP contribution in [0.3, 0.4) is 0 Å². The van der Waals surface area contributed by atoms with Gasteiger partial charge in [-0.1, -0.05) is 12.1 Å². The zero-order valence-electron chi connectivity index (χ0n) is 14.9. The van der Waals surface area contributed by atoms with Gasteiger partial charge in [0, 0.05) is 26.1 Å². The molecule has 5 nitrogen and oxygen atoms in total. The van der Waals surface area contributed by atoms with Gasteiger partial charge >= 0.3 is 0 Å². The first kappa shape index (κ1) is 17.9. The van der Waals surface area contributed by atoms with Gasteiger partial charge in [-0.15, -0.1) is 0 Å². The van der Waals surface area contributed by atoms with Crippen molar-refractivity contribution in [3.05, 3.63) is 35.6 Å². The largest absolute Gasteiger partial charge is 0.337 e. The highest BCUT2D eigenvalue weighted by Crippen LogP contribution is 2.31. The predicted octanol–water partition coefficient (Wildman–Crippen LogP) is 1.52. The first-order chi connectivity index (χ1) is 12.0. The molecule has 0 saturated carbocycles. The highest BCUT2D eigenvalue weighted by atomic mass is 19.1. The smallest absolute Gasteiger partial charge is 0.227 e. The summed E-state index contributed by atoms with van der Waals surface area (Å²) in [5.74, 6) is -0.0169. The van der Waals surface area contributed by atoms with Gasteiger partial charge in [-0.05, 0) is 44.6 Å². The van der Waals surface area contributed by atoms with Gasteiger partial charge in [-0.3, -0.25) is 9.59 Å². The molecular formula is C19H26FN3O2. The van der Waals surface area contributed by atoms with E-state index in [2.05, 4.69) is 4.90 Å². The van der Waals surface area contributed by atoms with E-state index < -0.39 is 0 Å². The Morgan fingerprint density at radius 1 is 1.20 bits per heavy atom.